The molecular formula is C56H103NO5. The lowest BCUT2D eigenvalue weighted by Gasteiger charge is -2.24. The van der Waals surface area contributed by atoms with E-state index in [0.717, 1.165) is 70.6 Å². The smallest absolute Gasteiger partial charge is 0.306 e. The van der Waals surface area contributed by atoms with E-state index in [0.29, 0.717) is 19.3 Å². The fourth-order valence-electron chi connectivity index (χ4n) is 8.21. The quantitative estimate of drug-likeness (QED) is 0.0322. The summed E-state index contributed by atoms with van der Waals surface area (Å²) in [7, 11) is 0. The van der Waals surface area contributed by atoms with E-state index in [2.05, 4.69) is 56.5 Å². The number of aliphatic hydroxyl groups excluding tert-OH is 2. The lowest BCUT2D eigenvalue weighted by atomic mass is 10.0. The number of carbonyl (C=O) groups is 2. The molecule has 0 rings (SSSR count). The molecule has 3 unspecified atom stereocenters. The summed E-state index contributed by atoms with van der Waals surface area (Å²) in [5.74, 6) is -0.492. The van der Waals surface area contributed by atoms with Gasteiger partial charge in [0.2, 0.25) is 5.91 Å². The number of nitrogens with one attached hydrogen (secondary N) is 1. The van der Waals surface area contributed by atoms with Crippen molar-refractivity contribution in [2.75, 3.05) is 6.61 Å². The number of ether oxygens (including phenoxy) is 1. The van der Waals surface area contributed by atoms with Crippen LogP contribution in [-0.4, -0.2) is 46.9 Å². The average molecular weight is 870 g/mol. The van der Waals surface area contributed by atoms with Gasteiger partial charge in [0.05, 0.1) is 25.2 Å². The Bertz CT molecular complexity index is 1070. The first-order valence-corrected chi connectivity index (χ1v) is 26.9. The number of aliphatic hydroxyl groups is 2. The van der Waals surface area contributed by atoms with Crippen LogP contribution in [0.1, 0.15) is 271 Å². The Morgan fingerprint density at radius 1 is 0.484 bits per heavy atom. The molecule has 0 heterocycles. The van der Waals surface area contributed by atoms with Crippen LogP contribution in [0.5, 0.6) is 0 Å². The third-order valence-corrected chi connectivity index (χ3v) is 12.3. The van der Waals surface area contributed by atoms with Crippen molar-refractivity contribution < 1.29 is 24.5 Å². The molecule has 0 saturated carbocycles. The first-order valence-electron chi connectivity index (χ1n) is 26.9. The summed E-state index contributed by atoms with van der Waals surface area (Å²) in [6.45, 7) is 6.36. The van der Waals surface area contributed by atoms with E-state index in [1.165, 1.54) is 154 Å². The molecule has 0 aromatic rings. The van der Waals surface area contributed by atoms with E-state index < -0.39 is 18.2 Å². The predicted octanol–water partition coefficient (Wildman–Crippen LogP) is 16.2. The Hall–Kier alpha value is -2.18. The topological polar surface area (TPSA) is 95.9 Å². The number of hydrogen-bond acceptors (Lipinski definition) is 5. The van der Waals surface area contributed by atoms with Crippen molar-refractivity contribution in [3.05, 3.63) is 48.6 Å². The van der Waals surface area contributed by atoms with Crippen LogP contribution in [0.3, 0.4) is 0 Å². The van der Waals surface area contributed by atoms with Crippen molar-refractivity contribution in [3.63, 3.8) is 0 Å². The van der Waals surface area contributed by atoms with Crippen molar-refractivity contribution in [1.29, 1.82) is 0 Å². The highest BCUT2D eigenvalue weighted by Gasteiger charge is 2.24. The third-order valence-electron chi connectivity index (χ3n) is 12.3. The zero-order valence-corrected chi connectivity index (χ0v) is 41.3. The lowest BCUT2D eigenvalue weighted by Crippen LogP contribution is -2.46. The molecule has 0 radical (unpaired) electrons. The zero-order chi connectivity index (χ0) is 45.2. The number of amides is 1. The molecule has 0 saturated heterocycles. The molecule has 0 aromatic heterocycles. The Morgan fingerprint density at radius 3 is 1.32 bits per heavy atom. The van der Waals surface area contributed by atoms with Gasteiger partial charge in [0, 0.05) is 6.42 Å². The Balaban J connectivity index is 4.50. The Morgan fingerprint density at radius 2 is 0.871 bits per heavy atom. The van der Waals surface area contributed by atoms with Crippen molar-refractivity contribution in [3.8, 4) is 0 Å². The summed E-state index contributed by atoms with van der Waals surface area (Å²) < 4.78 is 5.93. The SMILES string of the molecule is CC/C=C/C=C/C=C/C=C\CCCCCCCC(=O)OC(CCCCCCCCCCCCC)CC(=O)NC(CO)C(O)CCCCCCCCCCCCCCCCCCC. The molecular weight excluding hydrogens is 767 g/mol. The minimum atomic E-state index is -0.791. The van der Waals surface area contributed by atoms with E-state index in [1.54, 1.807) is 0 Å². The largest absolute Gasteiger partial charge is 0.462 e. The molecule has 1 amide bonds. The summed E-state index contributed by atoms with van der Waals surface area (Å²) in [4.78, 5) is 26.1. The van der Waals surface area contributed by atoms with Crippen LogP contribution in [0.2, 0.25) is 0 Å². The van der Waals surface area contributed by atoms with Crippen LogP contribution < -0.4 is 5.32 Å². The van der Waals surface area contributed by atoms with Gasteiger partial charge in [0.1, 0.15) is 6.10 Å². The fourth-order valence-corrected chi connectivity index (χ4v) is 8.21. The molecule has 0 aliphatic rings. The molecule has 3 N–H and O–H groups in total. The van der Waals surface area contributed by atoms with Gasteiger partial charge in [-0.05, 0) is 44.9 Å². The van der Waals surface area contributed by atoms with Gasteiger partial charge >= 0.3 is 5.97 Å². The fraction of sp³-hybridized carbons (Fsp3) is 0.821. The van der Waals surface area contributed by atoms with E-state index in [9.17, 15) is 19.8 Å². The molecule has 6 nitrogen and oxygen atoms in total. The van der Waals surface area contributed by atoms with Crippen LogP contribution in [0.25, 0.3) is 0 Å². The second kappa shape index (κ2) is 49.8. The van der Waals surface area contributed by atoms with Gasteiger partial charge in [0.15, 0.2) is 0 Å². The molecule has 0 aromatic carbocycles. The second-order valence-electron chi connectivity index (χ2n) is 18.4. The summed E-state index contributed by atoms with van der Waals surface area (Å²) in [5.41, 5.74) is 0. The molecule has 0 fully saturated rings. The summed E-state index contributed by atoms with van der Waals surface area (Å²) in [6, 6.07) is -0.705. The molecule has 0 aliphatic heterocycles. The van der Waals surface area contributed by atoms with Gasteiger partial charge in [-0.15, -0.1) is 0 Å². The monoisotopic (exact) mass is 870 g/mol. The van der Waals surface area contributed by atoms with Crippen molar-refractivity contribution in [1.82, 2.24) is 5.32 Å². The highest BCUT2D eigenvalue weighted by Crippen LogP contribution is 2.18. The normalized spacial score (nSPS) is 13.6. The standard InChI is InChI=1S/C56H103NO5/c1-4-7-10-13-16-19-22-24-26-27-29-30-33-36-39-42-45-48-54(59)53(51-58)57-55(60)50-52(47-44-41-38-35-32-21-18-15-12-9-6-3)62-56(61)49-46-43-40-37-34-31-28-25-23-20-17-14-11-8-5-2/h8,11,14,17,20,23,25,28,52-54,58-59H,4-7,9-10,12-13,15-16,18-19,21-22,24,26-27,29-51H2,1-3H3,(H,57,60)/b11-8+,17-14+,23-20+,28-25-. The average Bonchev–Trinajstić information content (AvgIpc) is 3.26. The highest BCUT2D eigenvalue weighted by atomic mass is 16.5. The van der Waals surface area contributed by atoms with Gasteiger partial charge < -0.3 is 20.3 Å². The summed E-state index contributed by atoms with van der Waals surface area (Å²) >= 11 is 0. The maximum Gasteiger partial charge on any atom is 0.306 e. The first-order chi connectivity index (χ1) is 30.5. The third kappa shape index (κ3) is 44.4. The first kappa shape index (κ1) is 59.8. The molecule has 3 atom stereocenters. The number of hydrogen-bond donors (Lipinski definition) is 3. The van der Waals surface area contributed by atoms with Crippen LogP contribution >= 0.6 is 0 Å². The minimum Gasteiger partial charge on any atom is -0.462 e. The van der Waals surface area contributed by atoms with Crippen molar-refractivity contribution >= 4 is 11.9 Å². The molecule has 6 heteroatoms. The van der Waals surface area contributed by atoms with E-state index in [-0.39, 0.29) is 24.9 Å². The minimum absolute atomic E-state index is 0.0702. The second-order valence-corrected chi connectivity index (χ2v) is 18.4. The number of rotatable bonds is 48. The molecule has 0 bridgehead atoms. The maximum atomic E-state index is 13.2. The Kier molecular flexibility index (Phi) is 48.1. The lowest BCUT2D eigenvalue weighted by molar-refractivity contribution is -0.151. The number of esters is 1. The van der Waals surface area contributed by atoms with Gasteiger partial charge in [0.25, 0.3) is 0 Å². The number of carbonyl (C=O) groups excluding carboxylic acids is 2. The van der Waals surface area contributed by atoms with Gasteiger partial charge in [-0.2, -0.15) is 0 Å². The molecule has 0 spiro atoms. The van der Waals surface area contributed by atoms with Crippen LogP contribution in [0.15, 0.2) is 48.6 Å². The number of allylic oxidation sites excluding steroid dienone is 8. The van der Waals surface area contributed by atoms with Gasteiger partial charge in [-0.25, -0.2) is 0 Å². The van der Waals surface area contributed by atoms with Crippen molar-refractivity contribution in [2.24, 2.45) is 0 Å². The predicted molar refractivity (Wildman–Crippen MR) is 269 cm³/mol. The summed E-state index contributed by atoms with van der Waals surface area (Å²) in [6.07, 6.45) is 60.3. The van der Waals surface area contributed by atoms with Crippen LogP contribution in [0, 0.1) is 0 Å². The van der Waals surface area contributed by atoms with E-state index >= 15 is 0 Å². The summed E-state index contributed by atoms with van der Waals surface area (Å²) in [5, 5.41) is 23.8. The van der Waals surface area contributed by atoms with Crippen LogP contribution in [-0.2, 0) is 14.3 Å². The molecule has 0 aliphatic carbocycles. The van der Waals surface area contributed by atoms with Crippen molar-refractivity contribution in [2.45, 2.75) is 289 Å². The molecule has 362 valence electrons. The van der Waals surface area contributed by atoms with Gasteiger partial charge in [-0.3, -0.25) is 9.59 Å². The molecule has 62 heavy (non-hydrogen) atoms. The maximum absolute atomic E-state index is 13.2. The zero-order valence-electron chi connectivity index (χ0n) is 41.3. The van der Waals surface area contributed by atoms with E-state index in [4.69, 9.17) is 4.74 Å². The van der Waals surface area contributed by atoms with Gasteiger partial charge in [-0.1, -0.05) is 262 Å². The number of unbranched alkanes of at least 4 members (excludes halogenated alkanes) is 31. The van der Waals surface area contributed by atoms with E-state index in [1.807, 2.05) is 18.2 Å². The van der Waals surface area contributed by atoms with Crippen LogP contribution in [0.4, 0.5) is 0 Å². The highest BCUT2D eigenvalue weighted by molar-refractivity contribution is 5.77. The Labute approximate surface area is 385 Å².